The summed E-state index contributed by atoms with van der Waals surface area (Å²) in [6.07, 6.45) is 1.77. The minimum Gasteiger partial charge on any atom is -0.319 e. The summed E-state index contributed by atoms with van der Waals surface area (Å²) in [5.74, 6) is 0. The van der Waals surface area contributed by atoms with Crippen LogP contribution >= 0.6 is 0 Å². The highest BCUT2D eigenvalue weighted by Gasteiger charge is 2.09. The summed E-state index contributed by atoms with van der Waals surface area (Å²) < 4.78 is 0. The highest BCUT2D eigenvalue weighted by Crippen LogP contribution is 2.18. The summed E-state index contributed by atoms with van der Waals surface area (Å²) in [7, 11) is 4.13. The number of aromatic nitrogens is 1. The number of pyridine rings is 1. The van der Waals surface area contributed by atoms with Crippen molar-refractivity contribution in [3.05, 3.63) is 65.5 Å². The van der Waals surface area contributed by atoms with Crippen molar-refractivity contribution in [3.8, 4) is 0 Å². The lowest BCUT2D eigenvalue weighted by Gasteiger charge is -2.13. The molecule has 3 heteroatoms. The topological polar surface area (TPSA) is 42.1 Å². The van der Waals surface area contributed by atoms with E-state index < -0.39 is 0 Å². The van der Waals surface area contributed by atoms with Crippen LogP contribution < -0.4 is 5.73 Å². The fourth-order valence-electron chi connectivity index (χ4n) is 1.93. The third kappa shape index (κ3) is 3.15. The molecule has 1 aromatic carbocycles. The largest absolute Gasteiger partial charge is 0.319 e. The molecule has 1 unspecified atom stereocenters. The Kier molecular flexibility index (Phi) is 4.07. The number of rotatable bonds is 4. The van der Waals surface area contributed by atoms with E-state index in [1.807, 2.05) is 18.2 Å². The van der Waals surface area contributed by atoms with Crippen LogP contribution in [0.25, 0.3) is 0 Å². The molecule has 2 aromatic rings. The zero-order valence-electron chi connectivity index (χ0n) is 10.9. The van der Waals surface area contributed by atoms with E-state index in [-0.39, 0.29) is 6.04 Å². The summed E-state index contributed by atoms with van der Waals surface area (Å²) >= 11 is 0. The summed E-state index contributed by atoms with van der Waals surface area (Å²) in [5.41, 5.74) is 9.48. The third-order valence-corrected chi connectivity index (χ3v) is 2.84. The molecule has 3 nitrogen and oxygen atoms in total. The molecule has 0 aliphatic rings. The van der Waals surface area contributed by atoms with Gasteiger partial charge in [-0.2, -0.15) is 0 Å². The lowest BCUT2D eigenvalue weighted by molar-refractivity contribution is 0.402. The molecule has 2 rings (SSSR count). The van der Waals surface area contributed by atoms with Crippen molar-refractivity contribution < 1.29 is 0 Å². The lowest BCUT2D eigenvalue weighted by atomic mass is 10.0. The molecule has 0 amide bonds. The van der Waals surface area contributed by atoms with Crippen molar-refractivity contribution in [3.63, 3.8) is 0 Å². The first-order valence-electron chi connectivity index (χ1n) is 6.07. The summed E-state index contributed by atoms with van der Waals surface area (Å²) in [4.78, 5) is 6.44. The van der Waals surface area contributed by atoms with Gasteiger partial charge in [-0.05, 0) is 37.4 Å². The zero-order valence-corrected chi connectivity index (χ0v) is 10.9. The Balaban J connectivity index is 2.14. The molecular weight excluding hydrogens is 222 g/mol. The van der Waals surface area contributed by atoms with E-state index in [1.165, 1.54) is 5.56 Å². The van der Waals surface area contributed by atoms with Crippen LogP contribution in [-0.2, 0) is 6.54 Å². The molecule has 0 fully saturated rings. The number of nitrogens with zero attached hydrogens (tertiary/aromatic N) is 2. The van der Waals surface area contributed by atoms with E-state index in [2.05, 4.69) is 48.2 Å². The molecule has 0 aliphatic carbocycles. The number of nitrogens with two attached hydrogens (primary N) is 1. The Morgan fingerprint density at radius 2 is 1.83 bits per heavy atom. The first-order chi connectivity index (χ1) is 8.66. The van der Waals surface area contributed by atoms with Crippen LogP contribution in [0.4, 0.5) is 0 Å². The fraction of sp³-hybridized carbons (Fsp3) is 0.267. The molecule has 1 aromatic heterocycles. The second-order valence-electron chi connectivity index (χ2n) is 4.71. The predicted molar refractivity (Wildman–Crippen MR) is 74.1 cm³/mol. The van der Waals surface area contributed by atoms with Gasteiger partial charge in [0, 0.05) is 12.7 Å². The van der Waals surface area contributed by atoms with Crippen molar-refractivity contribution in [2.75, 3.05) is 14.1 Å². The van der Waals surface area contributed by atoms with Crippen LogP contribution in [0.2, 0.25) is 0 Å². The Hall–Kier alpha value is -1.71. The molecule has 0 radical (unpaired) electrons. The minimum absolute atomic E-state index is 0.153. The van der Waals surface area contributed by atoms with Gasteiger partial charge in [-0.3, -0.25) is 4.98 Å². The van der Waals surface area contributed by atoms with Crippen LogP contribution in [0.15, 0.2) is 48.7 Å². The summed E-state index contributed by atoms with van der Waals surface area (Å²) in [6.45, 7) is 0.944. The Morgan fingerprint density at radius 1 is 1.11 bits per heavy atom. The lowest BCUT2D eigenvalue weighted by Crippen LogP contribution is -2.14. The molecule has 0 saturated heterocycles. The Bertz CT molecular complexity index is 477. The van der Waals surface area contributed by atoms with E-state index in [1.54, 1.807) is 6.20 Å². The fourth-order valence-corrected chi connectivity index (χ4v) is 1.93. The van der Waals surface area contributed by atoms with Gasteiger partial charge in [-0.15, -0.1) is 0 Å². The maximum absolute atomic E-state index is 6.19. The molecule has 0 saturated carbocycles. The van der Waals surface area contributed by atoms with Gasteiger partial charge in [0.2, 0.25) is 0 Å². The van der Waals surface area contributed by atoms with Crippen LogP contribution in [0.5, 0.6) is 0 Å². The summed E-state index contributed by atoms with van der Waals surface area (Å²) in [6, 6.07) is 14.1. The summed E-state index contributed by atoms with van der Waals surface area (Å²) in [5, 5.41) is 0. The molecule has 2 N–H and O–H groups in total. The van der Waals surface area contributed by atoms with Crippen molar-refractivity contribution in [1.82, 2.24) is 9.88 Å². The van der Waals surface area contributed by atoms with Crippen LogP contribution in [0.3, 0.4) is 0 Å². The number of hydrogen-bond donors (Lipinski definition) is 1. The molecular formula is C15H19N3. The van der Waals surface area contributed by atoms with Crippen molar-refractivity contribution in [2.45, 2.75) is 12.6 Å². The van der Waals surface area contributed by atoms with Crippen LogP contribution in [-0.4, -0.2) is 24.0 Å². The van der Waals surface area contributed by atoms with Gasteiger partial charge in [0.25, 0.3) is 0 Å². The monoisotopic (exact) mass is 241 g/mol. The quantitative estimate of drug-likeness (QED) is 0.892. The third-order valence-electron chi connectivity index (χ3n) is 2.84. The molecule has 0 aliphatic heterocycles. The first-order valence-corrected chi connectivity index (χ1v) is 6.07. The second kappa shape index (κ2) is 5.76. The van der Waals surface area contributed by atoms with E-state index in [0.29, 0.717) is 0 Å². The van der Waals surface area contributed by atoms with E-state index in [9.17, 15) is 0 Å². The first kappa shape index (κ1) is 12.7. The van der Waals surface area contributed by atoms with Crippen molar-refractivity contribution >= 4 is 0 Å². The Morgan fingerprint density at radius 3 is 2.39 bits per heavy atom. The predicted octanol–water partition coefficient (Wildman–Crippen LogP) is 2.19. The average Bonchev–Trinajstić information content (AvgIpc) is 2.39. The molecule has 1 heterocycles. The van der Waals surface area contributed by atoms with Gasteiger partial charge in [0.15, 0.2) is 0 Å². The van der Waals surface area contributed by atoms with Crippen LogP contribution in [0.1, 0.15) is 22.9 Å². The average molecular weight is 241 g/mol. The van der Waals surface area contributed by atoms with Gasteiger partial charge < -0.3 is 10.6 Å². The SMILES string of the molecule is CN(C)Cc1ccc(C(N)c2ccccn2)cc1. The number of benzene rings is 1. The van der Waals surface area contributed by atoms with Gasteiger partial charge in [0.05, 0.1) is 11.7 Å². The highest BCUT2D eigenvalue weighted by molar-refractivity contribution is 5.30. The second-order valence-corrected chi connectivity index (χ2v) is 4.71. The standard InChI is InChI=1S/C15H19N3/c1-18(2)11-12-6-8-13(9-7-12)15(16)14-5-3-4-10-17-14/h3-10,15H,11,16H2,1-2H3. The Labute approximate surface area is 108 Å². The van der Waals surface area contributed by atoms with Gasteiger partial charge in [0.1, 0.15) is 0 Å². The number of hydrogen-bond acceptors (Lipinski definition) is 3. The smallest absolute Gasteiger partial charge is 0.0726 e. The van der Waals surface area contributed by atoms with E-state index in [4.69, 9.17) is 5.73 Å². The van der Waals surface area contributed by atoms with E-state index >= 15 is 0 Å². The maximum Gasteiger partial charge on any atom is 0.0726 e. The van der Waals surface area contributed by atoms with Gasteiger partial charge >= 0.3 is 0 Å². The van der Waals surface area contributed by atoms with Crippen molar-refractivity contribution in [2.24, 2.45) is 5.73 Å². The molecule has 94 valence electrons. The van der Waals surface area contributed by atoms with E-state index in [0.717, 1.165) is 17.8 Å². The normalized spacial score (nSPS) is 12.7. The van der Waals surface area contributed by atoms with Crippen LogP contribution in [0, 0.1) is 0 Å². The molecule has 0 spiro atoms. The highest BCUT2D eigenvalue weighted by atomic mass is 15.0. The molecule has 1 atom stereocenters. The van der Waals surface area contributed by atoms with Crippen molar-refractivity contribution in [1.29, 1.82) is 0 Å². The van der Waals surface area contributed by atoms with Gasteiger partial charge in [-0.25, -0.2) is 0 Å². The zero-order chi connectivity index (χ0) is 13.0. The van der Waals surface area contributed by atoms with Gasteiger partial charge in [-0.1, -0.05) is 30.3 Å². The molecule has 18 heavy (non-hydrogen) atoms. The minimum atomic E-state index is -0.153. The maximum atomic E-state index is 6.19. The molecule has 0 bridgehead atoms.